The summed E-state index contributed by atoms with van der Waals surface area (Å²) in [6.07, 6.45) is 1.04. The Hall–Kier alpha value is -0.120. The molecule has 0 saturated carbocycles. The van der Waals surface area contributed by atoms with Crippen molar-refractivity contribution in [2.24, 2.45) is 0 Å². The van der Waals surface area contributed by atoms with Crippen LogP contribution >= 0.6 is 0 Å². The van der Waals surface area contributed by atoms with Gasteiger partial charge in [-0.3, -0.25) is 4.90 Å². The summed E-state index contributed by atoms with van der Waals surface area (Å²) in [6.45, 7) is 16.7. The summed E-state index contributed by atoms with van der Waals surface area (Å²) < 4.78 is 10.9. The van der Waals surface area contributed by atoms with Gasteiger partial charge in [0.05, 0.1) is 18.8 Å². The molecule has 1 aliphatic rings. The van der Waals surface area contributed by atoms with Crippen molar-refractivity contribution < 1.29 is 9.47 Å². The third-order valence-electron chi connectivity index (χ3n) is 3.28. The predicted molar refractivity (Wildman–Crippen MR) is 73.5 cm³/mol. The van der Waals surface area contributed by atoms with E-state index in [-0.39, 0.29) is 11.1 Å². The van der Waals surface area contributed by atoms with Crippen LogP contribution in [0.1, 0.15) is 48.0 Å². The van der Waals surface area contributed by atoms with Crippen molar-refractivity contribution in [2.75, 3.05) is 33.4 Å². The van der Waals surface area contributed by atoms with E-state index in [2.05, 4.69) is 32.6 Å². The highest BCUT2D eigenvalue weighted by atomic mass is 16.5. The van der Waals surface area contributed by atoms with Gasteiger partial charge in [0.2, 0.25) is 0 Å². The Morgan fingerprint density at radius 1 is 1.06 bits per heavy atom. The van der Waals surface area contributed by atoms with Gasteiger partial charge in [0.1, 0.15) is 0 Å². The number of rotatable bonds is 4. The van der Waals surface area contributed by atoms with Gasteiger partial charge >= 0.3 is 0 Å². The van der Waals surface area contributed by atoms with Crippen molar-refractivity contribution in [1.82, 2.24) is 4.90 Å². The highest BCUT2D eigenvalue weighted by Crippen LogP contribution is 2.28. The SMILES string of the molecule is CC.COC(C)(C)CC(C)(C)N1CCOCC1. The molecule has 0 atom stereocenters. The van der Waals surface area contributed by atoms with E-state index in [1.54, 1.807) is 7.11 Å². The summed E-state index contributed by atoms with van der Waals surface area (Å²) in [6, 6.07) is 0. The highest BCUT2D eigenvalue weighted by molar-refractivity contribution is 4.89. The third-order valence-corrected chi connectivity index (χ3v) is 3.28. The van der Waals surface area contributed by atoms with Crippen LogP contribution in [0.15, 0.2) is 0 Å². The van der Waals surface area contributed by atoms with Crippen molar-refractivity contribution in [3.63, 3.8) is 0 Å². The molecule has 0 aromatic carbocycles. The molecule has 1 heterocycles. The van der Waals surface area contributed by atoms with E-state index in [9.17, 15) is 0 Å². The van der Waals surface area contributed by atoms with E-state index >= 15 is 0 Å². The van der Waals surface area contributed by atoms with Crippen molar-refractivity contribution in [3.8, 4) is 0 Å². The lowest BCUT2D eigenvalue weighted by Gasteiger charge is -2.44. The topological polar surface area (TPSA) is 21.7 Å². The number of hydrogen-bond acceptors (Lipinski definition) is 3. The van der Waals surface area contributed by atoms with Crippen LogP contribution in [0.5, 0.6) is 0 Å². The van der Waals surface area contributed by atoms with Crippen LogP contribution in [0.3, 0.4) is 0 Å². The second-order valence-corrected chi connectivity index (χ2v) is 5.55. The highest BCUT2D eigenvalue weighted by Gasteiger charge is 2.34. The van der Waals surface area contributed by atoms with E-state index in [1.807, 2.05) is 13.8 Å². The van der Waals surface area contributed by atoms with Crippen LogP contribution < -0.4 is 0 Å². The number of methoxy groups -OCH3 is 1. The Balaban J connectivity index is 0.00000121. The maximum absolute atomic E-state index is 5.51. The average molecular weight is 245 g/mol. The summed E-state index contributed by atoms with van der Waals surface area (Å²) in [5, 5.41) is 0. The predicted octanol–water partition coefficient (Wildman–Crippen LogP) is 2.94. The maximum Gasteiger partial charge on any atom is 0.0640 e. The van der Waals surface area contributed by atoms with Crippen LogP contribution in [0, 0.1) is 0 Å². The zero-order valence-electron chi connectivity index (χ0n) is 12.8. The molecule has 17 heavy (non-hydrogen) atoms. The van der Waals surface area contributed by atoms with Crippen molar-refractivity contribution in [1.29, 1.82) is 0 Å². The van der Waals surface area contributed by atoms with Crippen LogP contribution in [0.2, 0.25) is 0 Å². The first-order chi connectivity index (χ1) is 7.87. The fraction of sp³-hybridized carbons (Fsp3) is 1.00. The number of nitrogens with zero attached hydrogens (tertiary/aromatic N) is 1. The quantitative estimate of drug-likeness (QED) is 0.760. The largest absolute Gasteiger partial charge is 0.379 e. The molecule has 1 saturated heterocycles. The van der Waals surface area contributed by atoms with E-state index < -0.39 is 0 Å². The van der Waals surface area contributed by atoms with Gasteiger partial charge in [-0.25, -0.2) is 0 Å². The van der Waals surface area contributed by atoms with Gasteiger partial charge in [0.15, 0.2) is 0 Å². The second-order valence-electron chi connectivity index (χ2n) is 5.55. The Morgan fingerprint density at radius 2 is 1.53 bits per heavy atom. The summed E-state index contributed by atoms with van der Waals surface area (Å²) in [5.74, 6) is 0. The van der Waals surface area contributed by atoms with Gasteiger partial charge in [-0.05, 0) is 34.1 Å². The van der Waals surface area contributed by atoms with Crippen molar-refractivity contribution in [3.05, 3.63) is 0 Å². The Bertz CT molecular complexity index is 196. The van der Waals surface area contributed by atoms with E-state index in [0.717, 1.165) is 32.7 Å². The zero-order chi connectivity index (χ0) is 13.5. The third kappa shape index (κ3) is 5.84. The molecule has 0 radical (unpaired) electrons. The normalized spacial score (nSPS) is 18.5. The molecule has 0 aromatic heterocycles. The minimum atomic E-state index is -0.0538. The second kappa shape index (κ2) is 7.34. The molecule has 0 unspecified atom stereocenters. The standard InChI is InChI=1S/C12H25NO2.C2H6/c1-11(2,10-12(3,4)14-5)13-6-8-15-9-7-13;1-2/h6-10H2,1-5H3;1-2H3. The minimum absolute atomic E-state index is 0.0538. The summed E-state index contributed by atoms with van der Waals surface area (Å²) in [5.41, 5.74) is 0.130. The number of ether oxygens (including phenoxy) is 2. The van der Waals surface area contributed by atoms with Crippen LogP contribution in [0.4, 0.5) is 0 Å². The molecule has 104 valence electrons. The molecule has 3 nitrogen and oxygen atoms in total. The molecule has 0 N–H and O–H groups in total. The Kier molecular flexibility index (Phi) is 7.29. The Morgan fingerprint density at radius 3 is 1.94 bits per heavy atom. The lowest BCUT2D eigenvalue weighted by atomic mass is 9.87. The average Bonchev–Trinajstić information content (AvgIpc) is 2.32. The summed E-state index contributed by atoms with van der Waals surface area (Å²) >= 11 is 0. The monoisotopic (exact) mass is 245 g/mol. The molecule has 1 rings (SSSR count). The molecular weight excluding hydrogens is 214 g/mol. The van der Waals surface area contributed by atoms with Gasteiger partial charge in [0, 0.05) is 25.7 Å². The zero-order valence-corrected chi connectivity index (χ0v) is 12.8. The minimum Gasteiger partial charge on any atom is -0.379 e. The lowest BCUT2D eigenvalue weighted by molar-refractivity contribution is -0.0598. The van der Waals surface area contributed by atoms with Gasteiger partial charge in [-0.2, -0.15) is 0 Å². The molecule has 1 aliphatic heterocycles. The van der Waals surface area contributed by atoms with Gasteiger partial charge in [0.25, 0.3) is 0 Å². The summed E-state index contributed by atoms with van der Waals surface area (Å²) in [4.78, 5) is 2.50. The maximum atomic E-state index is 5.51. The molecule has 1 fully saturated rings. The van der Waals surface area contributed by atoms with Crippen LogP contribution in [0.25, 0.3) is 0 Å². The molecule has 0 spiro atoms. The molecular formula is C14H31NO2. The van der Waals surface area contributed by atoms with E-state index in [0.29, 0.717) is 0 Å². The smallest absolute Gasteiger partial charge is 0.0640 e. The molecule has 0 amide bonds. The van der Waals surface area contributed by atoms with Gasteiger partial charge < -0.3 is 9.47 Å². The number of hydrogen-bond donors (Lipinski definition) is 0. The molecule has 0 aromatic rings. The summed E-state index contributed by atoms with van der Waals surface area (Å²) in [7, 11) is 1.79. The fourth-order valence-corrected chi connectivity index (χ4v) is 2.39. The Labute approximate surface area is 107 Å². The number of morpholine rings is 1. The first-order valence-corrected chi connectivity index (χ1v) is 6.75. The van der Waals surface area contributed by atoms with Crippen molar-refractivity contribution in [2.45, 2.75) is 59.1 Å². The van der Waals surface area contributed by atoms with Gasteiger partial charge in [-0.15, -0.1) is 0 Å². The van der Waals surface area contributed by atoms with E-state index in [1.165, 1.54) is 0 Å². The van der Waals surface area contributed by atoms with E-state index in [4.69, 9.17) is 9.47 Å². The molecule has 0 aliphatic carbocycles. The van der Waals surface area contributed by atoms with Crippen molar-refractivity contribution >= 4 is 0 Å². The van der Waals surface area contributed by atoms with Gasteiger partial charge in [-0.1, -0.05) is 13.8 Å². The molecule has 0 bridgehead atoms. The van der Waals surface area contributed by atoms with Crippen LogP contribution in [-0.4, -0.2) is 49.5 Å². The van der Waals surface area contributed by atoms with Crippen LogP contribution in [-0.2, 0) is 9.47 Å². The first-order valence-electron chi connectivity index (χ1n) is 6.75. The lowest BCUT2D eigenvalue weighted by Crippen LogP contribution is -2.52. The first kappa shape index (κ1) is 16.9. The molecule has 3 heteroatoms. The fourth-order valence-electron chi connectivity index (χ4n) is 2.39.